The van der Waals surface area contributed by atoms with Crippen LogP contribution in [0.1, 0.15) is 39.0 Å². The smallest absolute Gasteiger partial charge is 0.231 e. The summed E-state index contributed by atoms with van der Waals surface area (Å²) in [5, 5.41) is 13.5. The Bertz CT molecular complexity index is 813. The van der Waals surface area contributed by atoms with Crippen LogP contribution in [0.2, 0.25) is 0 Å². The molecule has 33 heavy (non-hydrogen) atoms. The van der Waals surface area contributed by atoms with Gasteiger partial charge in [-0.05, 0) is 51.5 Å². The van der Waals surface area contributed by atoms with E-state index in [-0.39, 0.29) is 18.3 Å². The normalized spacial score (nSPS) is 25.5. The Balaban J connectivity index is 1.32. The average molecular weight is 465 g/mol. The molecule has 3 heterocycles. The molecule has 10 heteroatoms. The second-order valence-corrected chi connectivity index (χ2v) is 10.0. The first-order valence-electron chi connectivity index (χ1n) is 12.1. The molecule has 0 aromatic carbocycles. The lowest BCUT2D eigenvalue weighted by Crippen LogP contribution is -2.48. The third kappa shape index (κ3) is 5.73. The van der Waals surface area contributed by atoms with Gasteiger partial charge in [-0.15, -0.1) is 0 Å². The van der Waals surface area contributed by atoms with Gasteiger partial charge < -0.3 is 25.8 Å². The van der Waals surface area contributed by atoms with Crippen molar-refractivity contribution in [3.05, 3.63) is 12.1 Å². The number of rotatable bonds is 9. The molecule has 1 amide bonds. The van der Waals surface area contributed by atoms with E-state index in [0.717, 1.165) is 32.6 Å². The van der Waals surface area contributed by atoms with Crippen molar-refractivity contribution in [1.82, 2.24) is 14.9 Å². The van der Waals surface area contributed by atoms with Crippen LogP contribution in [0.5, 0.6) is 0 Å². The highest BCUT2D eigenvalue weighted by Crippen LogP contribution is 2.44. The van der Waals surface area contributed by atoms with Crippen LogP contribution in [0.3, 0.4) is 0 Å². The number of aliphatic hydroxyl groups is 1. The monoisotopic (exact) mass is 464 g/mol. The maximum Gasteiger partial charge on any atom is 0.231 e. The van der Waals surface area contributed by atoms with Crippen molar-refractivity contribution in [2.45, 2.75) is 45.1 Å². The fraction of sp³-hybridized carbons (Fsp3) is 0.783. The van der Waals surface area contributed by atoms with Gasteiger partial charge in [-0.25, -0.2) is 9.97 Å². The number of hydrogen-bond donors (Lipinski definition) is 3. The van der Waals surface area contributed by atoms with Gasteiger partial charge in [0.05, 0.1) is 25.9 Å². The molecular weight excluding hydrogens is 427 g/mol. The topological polar surface area (TPSA) is 117 Å². The lowest BCUT2D eigenvalue weighted by atomic mass is 9.69. The van der Waals surface area contributed by atoms with Gasteiger partial charge in [0.1, 0.15) is 6.33 Å². The molecule has 2 atom stereocenters. The van der Waals surface area contributed by atoms with Crippen molar-refractivity contribution in [2.24, 2.45) is 23.0 Å². The number of nitrogens with two attached hydrogens (primary N) is 1. The Morgan fingerprint density at radius 2 is 2.12 bits per heavy atom. The number of carbonyl (C=O) groups excluding carboxylic acids is 1. The average Bonchev–Trinajstić information content (AvgIpc) is 2.77. The van der Waals surface area contributed by atoms with Crippen LogP contribution in [-0.4, -0.2) is 84.5 Å². The highest BCUT2D eigenvalue weighted by Gasteiger charge is 2.41. The first-order chi connectivity index (χ1) is 15.9. The van der Waals surface area contributed by atoms with Crippen molar-refractivity contribution in [3.63, 3.8) is 0 Å². The SMILES string of the molecule is CCN(CC1CCC2(CC1)COC2)c1ncnc(NC[C@H]2CCN(CC(N)=O)C[C@@H]2O)c1F. The quantitative estimate of drug-likeness (QED) is 0.500. The Labute approximate surface area is 194 Å². The van der Waals surface area contributed by atoms with Gasteiger partial charge in [-0.3, -0.25) is 9.69 Å². The summed E-state index contributed by atoms with van der Waals surface area (Å²) in [6.45, 7) is 6.87. The number of nitrogens with one attached hydrogen (secondary N) is 1. The fourth-order valence-electron chi connectivity index (χ4n) is 5.41. The minimum Gasteiger partial charge on any atom is -0.391 e. The zero-order valence-electron chi connectivity index (χ0n) is 19.5. The third-order valence-electron chi connectivity index (χ3n) is 7.63. The molecule has 0 bridgehead atoms. The number of primary amides is 1. The minimum atomic E-state index is -0.613. The number of likely N-dealkylation sites (tertiary alicyclic amines) is 1. The molecule has 1 aromatic rings. The summed E-state index contributed by atoms with van der Waals surface area (Å²) >= 11 is 0. The Morgan fingerprint density at radius 1 is 1.36 bits per heavy atom. The summed E-state index contributed by atoms with van der Waals surface area (Å²) in [6.07, 6.45) is 6.14. The van der Waals surface area contributed by atoms with E-state index in [9.17, 15) is 9.90 Å². The Hall–Kier alpha value is -2.04. The number of amides is 1. The number of piperidine rings is 1. The first kappa shape index (κ1) is 24.1. The maximum atomic E-state index is 15.3. The highest BCUT2D eigenvalue weighted by atomic mass is 19.1. The predicted octanol–water partition coefficient (Wildman–Crippen LogP) is 1.23. The number of hydrogen-bond acceptors (Lipinski definition) is 8. The van der Waals surface area contributed by atoms with Crippen LogP contribution in [0.4, 0.5) is 16.0 Å². The fourth-order valence-corrected chi connectivity index (χ4v) is 5.41. The van der Waals surface area contributed by atoms with Gasteiger partial charge in [0, 0.05) is 37.5 Å². The number of aliphatic hydroxyl groups excluding tert-OH is 1. The van der Waals surface area contributed by atoms with Crippen LogP contribution in [0, 0.1) is 23.1 Å². The molecule has 3 fully saturated rings. The van der Waals surface area contributed by atoms with Gasteiger partial charge in [-0.1, -0.05) is 0 Å². The summed E-state index contributed by atoms with van der Waals surface area (Å²) in [5.41, 5.74) is 5.65. The molecular formula is C23H37FN6O3. The van der Waals surface area contributed by atoms with Crippen molar-refractivity contribution in [1.29, 1.82) is 0 Å². The van der Waals surface area contributed by atoms with Crippen molar-refractivity contribution < 1.29 is 19.0 Å². The molecule has 1 spiro atoms. The summed E-state index contributed by atoms with van der Waals surface area (Å²) in [4.78, 5) is 23.3. The summed E-state index contributed by atoms with van der Waals surface area (Å²) in [6, 6.07) is 0. The van der Waals surface area contributed by atoms with Crippen LogP contribution >= 0.6 is 0 Å². The van der Waals surface area contributed by atoms with E-state index in [1.807, 2.05) is 16.7 Å². The first-order valence-corrected chi connectivity index (χ1v) is 12.1. The third-order valence-corrected chi connectivity index (χ3v) is 7.63. The van der Waals surface area contributed by atoms with Crippen LogP contribution in [0.15, 0.2) is 6.33 Å². The zero-order valence-corrected chi connectivity index (χ0v) is 19.5. The molecule has 3 aliphatic rings. The van der Waals surface area contributed by atoms with Crippen molar-refractivity contribution in [2.75, 3.05) is 62.7 Å². The van der Waals surface area contributed by atoms with Gasteiger partial charge in [-0.2, -0.15) is 4.39 Å². The van der Waals surface area contributed by atoms with E-state index in [4.69, 9.17) is 10.5 Å². The second kappa shape index (κ2) is 10.5. The molecule has 2 aliphatic heterocycles. The summed E-state index contributed by atoms with van der Waals surface area (Å²) in [5.74, 6) is 0.125. The van der Waals surface area contributed by atoms with E-state index in [0.29, 0.717) is 49.8 Å². The standard InChI is InChI=1S/C23H37FN6O3/c1-2-30(10-16-3-6-23(7-4-16)13-33-14-23)22-20(24)21(27-15-28-22)26-9-17-5-8-29(11-18(17)31)12-19(25)32/h15-18,31H,2-14H2,1H3,(H2,25,32)(H,26,27,28)/t17-,18+/m1/s1. The van der Waals surface area contributed by atoms with Crippen molar-refractivity contribution in [3.8, 4) is 0 Å². The lowest BCUT2D eigenvalue weighted by molar-refractivity contribution is -0.135. The molecule has 1 saturated carbocycles. The van der Waals surface area contributed by atoms with E-state index in [1.54, 1.807) is 0 Å². The molecule has 4 N–H and O–H groups in total. The predicted molar refractivity (Wildman–Crippen MR) is 123 cm³/mol. The number of β-amino-alcohol motifs (C(OH)–C–C–N with tert-alkyl or cyclic N) is 1. The molecule has 1 aliphatic carbocycles. The Kier molecular flexibility index (Phi) is 7.65. The van der Waals surface area contributed by atoms with E-state index < -0.39 is 17.8 Å². The number of nitrogens with zero attached hydrogens (tertiary/aromatic N) is 4. The van der Waals surface area contributed by atoms with Gasteiger partial charge in [0.2, 0.25) is 11.7 Å². The molecule has 0 radical (unpaired) electrons. The molecule has 1 aromatic heterocycles. The largest absolute Gasteiger partial charge is 0.391 e. The van der Waals surface area contributed by atoms with Gasteiger partial charge in [0.25, 0.3) is 0 Å². The molecule has 184 valence electrons. The van der Waals surface area contributed by atoms with Crippen LogP contribution in [0.25, 0.3) is 0 Å². The number of aromatic nitrogens is 2. The van der Waals surface area contributed by atoms with E-state index >= 15 is 4.39 Å². The van der Waals surface area contributed by atoms with E-state index in [2.05, 4.69) is 15.3 Å². The Morgan fingerprint density at radius 3 is 2.73 bits per heavy atom. The van der Waals surface area contributed by atoms with Crippen molar-refractivity contribution >= 4 is 17.5 Å². The number of halogens is 1. The molecule has 0 unspecified atom stereocenters. The number of anilines is 2. The van der Waals surface area contributed by atoms with Crippen LogP contribution < -0.4 is 16.0 Å². The number of ether oxygens (including phenoxy) is 1. The minimum absolute atomic E-state index is 0.0562. The van der Waals surface area contributed by atoms with E-state index in [1.165, 1.54) is 19.2 Å². The highest BCUT2D eigenvalue weighted by molar-refractivity contribution is 5.75. The maximum absolute atomic E-state index is 15.3. The summed E-state index contributed by atoms with van der Waals surface area (Å²) < 4.78 is 20.8. The number of carbonyl (C=O) groups is 1. The molecule has 4 rings (SSSR count). The van der Waals surface area contributed by atoms with Crippen LogP contribution in [-0.2, 0) is 9.53 Å². The zero-order chi connectivity index (χ0) is 23.4. The molecule has 2 saturated heterocycles. The molecule has 9 nitrogen and oxygen atoms in total. The van der Waals surface area contributed by atoms with Gasteiger partial charge >= 0.3 is 0 Å². The summed E-state index contributed by atoms with van der Waals surface area (Å²) in [7, 11) is 0. The second-order valence-electron chi connectivity index (χ2n) is 10.0. The van der Waals surface area contributed by atoms with Gasteiger partial charge in [0.15, 0.2) is 11.6 Å². The lowest BCUT2D eigenvalue weighted by Gasteiger charge is -2.46.